The molecule has 3 heteroatoms. The quantitative estimate of drug-likeness (QED) is 0.860. The van der Waals surface area contributed by atoms with Gasteiger partial charge < -0.3 is 5.32 Å². The summed E-state index contributed by atoms with van der Waals surface area (Å²) in [6.45, 7) is 2.62. The van der Waals surface area contributed by atoms with Gasteiger partial charge in [-0.3, -0.25) is 4.79 Å². The highest BCUT2D eigenvalue weighted by Gasteiger charge is 2.05. The second kappa shape index (κ2) is 6.43. The maximum Gasteiger partial charge on any atom is 0.251 e. The summed E-state index contributed by atoms with van der Waals surface area (Å²) in [5.41, 5.74) is 3.04. The van der Waals surface area contributed by atoms with Crippen molar-refractivity contribution < 1.29 is 4.79 Å². The second-order valence-corrected chi connectivity index (χ2v) is 5.22. The van der Waals surface area contributed by atoms with Gasteiger partial charge in [-0.1, -0.05) is 24.3 Å². The summed E-state index contributed by atoms with van der Waals surface area (Å²) in [7, 11) is 0. The van der Waals surface area contributed by atoms with Gasteiger partial charge in [0.1, 0.15) is 0 Å². The Morgan fingerprint density at radius 2 is 1.79 bits per heavy atom. The van der Waals surface area contributed by atoms with Crippen molar-refractivity contribution in [1.29, 1.82) is 0 Å². The van der Waals surface area contributed by atoms with E-state index in [0.29, 0.717) is 12.1 Å². The number of carbonyl (C=O) groups excluding carboxylic acids is 1. The Morgan fingerprint density at radius 3 is 2.42 bits per heavy atom. The zero-order valence-corrected chi connectivity index (χ0v) is 12.0. The molecule has 0 aliphatic rings. The van der Waals surface area contributed by atoms with Crippen LogP contribution in [0.4, 0.5) is 0 Å². The van der Waals surface area contributed by atoms with E-state index in [1.54, 1.807) is 11.8 Å². The van der Waals surface area contributed by atoms with Gasteiger partial charge in [-0.25, -0.2) is 0 Å². The number of nitrogens with one attached hydrogen (secondary N) is 1. The fourth-order valence-corrected chi connectivity index (χ4v) is 2.24. The third-order valence-electron chi connectivity index (χ3n) is 3.05. The first kappa shape index (κ1) is 13.7. The Bertz CT molecular complexity index is 563. The standard InChI is InChI=1S/C16H17NOS/c1-12-5-3-4-6-14(12)11-17-16(18)13-7-9-15(19-2)10-8-13/h3-10H,11H2,1-2H3,(H,17,18). The van der Waals surface area contributed by atoms with Crippen LogP contribution >= 0.6 is 11.8 Å². The molecule has 0 aromatic heterocycles. The fraction of sp³-hybridized carbons (Fsp3) is 0.188. The van der Waals surface area contributed by atoms with Crippen LogP contribution in [0.1, 0.15) is 21.5 Å². The van der Waals surface area contributed by atoms with Crippen molar-refractivity contribution in [3.05, 3.63) is 65.2 Å². The SMILES string of the molecule is CSc1ccc(C(=O)NCc2ccccc2C)cc1. The summed E-state index contributed by atoms with van der Waals surface area (Å²) in [5.74, 6) is -0.0316. The molecule has 2 aromatic rings. The lowest BCUT2D eigenvalue weighted by atomic mass is 10.1. The highest BCUT2D eigenvalue weighted by Crippen LogP contribution is 2.15. The highest BCUT2D eigenvalue weighted by atomic mass is 32.2. The molecule has 2 aromatic carbocycles. The molecule has 0 unspecified atom stereocenters. The minimum Gasteiger partial charge on any atom is -0.348 e. The van der Waals surface area contributed by atoms with Crippen molar-refractivity contribution in [3.63, 3.8) is 0 Å². The topological polar surface area (TPSA) is 29.1 Å². The molecule has 98 valence electrons. The van der Waals surface area contributed by atoms with E-state index in [2.05, 4.69) is 18.3 Å². The van der Waals surface area contributed by atoms with Gasteiger partial charge in [0, 0.05) is 17.0 Å². The molecule has 0 aliphatic heterocycles. The molecule has 2 rings (SSSR count). The van der Waals surface area contributed by atoms with Crippen molar-refractivity contribution >= 4 is 17.7 Å². The van der Waals surface area contributed by atoms with Crippen molar-refractivity contribution in [1.82, 2.24) is 5.32 Å². The summed E-state index contributed by atoms with van der Waals surface area (Å²) >= 11 is 1.67. The van der Waals surface area contributed by atoms with Crippen molar-refractivity contribution in [2.45, 2.75) is 18.4 Å². The number of benzene rings is 2. The fourth-order valence-electron chi connectivity index (χ4n) is 1.83. The predicted octanol–water partition coefficient (Wildman–Crippen LogP) is 3.65. The maximum atomic E-state index is 12.0. The summed E-state index contributed by atoms with van der Waals surface area (Å²) in [5, 5.41) is 2.95. The normalized spacial score (nSPS) is 10.2. The zero-order chi connectivity index (χ0) is 13.7. The van der Waals surface area contributed by atoms with Crippen LogP contribution in [0.5, 0.6) is 0 Å². The lowest BCUT2D eigenvalue weighted by Crippen LogP contribution is -2.23. The summed E-state index contributed by atoms with van der Waals surface area (Å²) in [6, 6.07) is 15.7. The smallest absolute Gasteiger partial charge is 0.251 e. The van der Waals surface area contributed by atoms with Gasteiger partial charge in [-0.05, 0) is 48.6 Å². The third-order valence-corrected chi connectivity index (χ3v) is 3.80. The molecule has 0 atom stereocenters. The van der Waals surface area contributed by atoms with Gasteiger partial charge in [0.25, 0.3) is 5.91 Å². The molecule has 1 N–H and O–H groups in total. The molecule has 1 amide bonds. The van der Waals surface area contributed by atoms with Gasteiger partial charge >= 0.3 is 0 Å². The molecule has 2 nitrogen and oxygen atoms in total. The molecule has 0 heterocycles. The average Bonchev–Trinajstić information content (AvgIpc) is 2.46. The van der Waals surface area contributed by atoms with Crippen LogP contribution in [-0.2, 0) is 6.54 Å². The Labute approximate surface area is 118 Å². The average molecular weight is 271 g/mol. The van der Waals surface area contributed by atoms with Crippen LogP contribution < -0.4 is 5.32 Å². The number of rotatable bonds is 4. The Kier molecular flexibility index (Phi) is 4.63. The first-order valence-corrected chi connectivity index (χ1v) is 7.40. The van der Waals surface area contributed by atoms with Crippen LogP contribution in [-0.4, -0.2) is 12.2 Å². The molecular weight excluding hydrogens is 254 g/mol. The highest BCUT2D eigenvalue weighted by molar-refractivity contribution is 7.98. The second-order valence-electron chi connectivity index (χ2n) is 4.34. The monoisotopic (exact) mass is 271 g/mol. The van der Waals surface area contributed by atoms with Crippen LogP contribution in [0.25, 0.3) is 0 Å². The summed E-state index contributed by atoms with van der Waals surface area (Å²) in [6.07, 6.45) is 2.02. The zero-order valence-electron chi connectivity index (χ0n) is 11.1. The van der Waals surface area contributed by atoms with E-state index in [0.717, 1.165) is 10.5 Å². The van der Waals surface area contributed by atoms with Gasteiger partial charge in [-0.2, -0.15) is 0 Å². The van der Waals surface area contributed by atoms with E-state index in [1.165, 1.54) is 5.56 Å². The number of thioether (sulfide) groups is 1. The molecule has 0 fully saturated rings. The van der Waals surface area contributed by atoms with E-state index in [4.69, 9.17) is 0 Å². The number of hydrogen-bond donors (Lipinski definition) is 1. The lowest BCUT2D eigenvalue weighted by Gasteiger charge is -2.08. The molecule has 0 aliphatic carbocycles. The van der Waals surface area contributed by atoms with Gasteiger partial charge in [0.2, 0.25) is 0 Å². The van der Waals surface area contributed by atoms with E-state index >= 15 is 0 Å². The molecule has 0 saturated carbocycles. The van der Waals surface area contributed by atoms with Crippen molar-refractivity contribution in [2.75, 3.05) is 6.26 Å². The largest absolute Gasteiger partial charge is 0.348 e. The third kappa shape index (κ3) is 3.61. The van der Waals surface area contributed by atoms with Crippen LogP contribution in [0, 0.1) is 6.92 Å². The van der Waals surface area contributed by atoms with Crippen molar-refractivity contribution in [3.8, 4) is 0 Å². The van der Waals surface area contributed by atoms with Gasteiger partial charge in [-0.15, -0.1) is 11.8 Å². The van der Waals surface area contributed by atoms with E-state index in [-0.39, 0.29) is 5.91 Å². The molecule has 0 saturated heterocycles. The van der Waals surface area contributed by atoms with Crippen LogP contribution in [0.3, 0.4) is 0 Å². The Hall–Kier alpha value is -1.74. The van der Waals surface area contributed by atoms with Crippen molar-refractivity contribution in [2.24, 2.45) is 0 Å². The Balaban J connectivity index is 1.99. The lowest BCUT2D eigenvalue weighted by molar-refractivity contribution is 0.0951. The van der Waals surface area contributed by atoms with E-state index < -0.39 is 0 Å². The number of hydrogen-bond acceptors (Lipinski definition) is 2. The van der Waals surface area contributed by atoms with Gasteiger partial charge in [0.15, 0.2) is 0 Å². The van der Waals surface area contributed by atoms with Crippen LogP contribution in [0.15, 0.2) is 53.4 Å². The van der Waals surface area contributed by atoms with E-state index in [1.807, 2.05) is 48.7 Å². The van der Waals surface area contributed by atoms with E-state index in [9.17, 15) is 4.79 Å². The first-order valence-electron chi connectivity index (χ1n) is 6.17. The molecule has 0 bridgehead atoms. The first-order chi connectivity index (χ1) is 9.20. The summed E-state index contributed by atoms with van der Waals surface area (Å²) < 4.78 is 0. The number of carbonyl (C=O) groups is 1. The molecular formula is C16H17NOS. The van der Waals surface area contributed by atoms with Gasteiger partial charge in [0.05, 0.1) is 0 Å². The predicted molar refractivity (Wildman–Crippen MR) is 80.6 cm³/mol. The maximum absolute atomic E-state index is 12.0. The van der Waals surface area contributed by atoms with Crippen LogP contribution in [0.2, 0.25) is 0 Å². The Morgan fingerprint density at radius 1 is 1.11 bits per heavy atom. The minimum atomic E-state index is -0.0316. The minimum absolute atomic E-state index is 0.0316. The summed E-state index contributed by atoms with van der Waals surface area (Å²) in [4.78, 5) is 13.2. The molecule has 0 radical (unpaired) electrons. The number of amides is 1. The molecule has 0 spiro atoms. The number of aryl methyl sites for hydroxylation is 1. The molecule has 19 heavy (non-hydrogen) atoms.